The number of hydrogen-bond donors (Lipinski definition) is 0. The third kappa shape index (κ3) is 5.85. The molecule has 3 aromatic carbocycles. The zero-order valence-corrected chi connectivity index (χ0v) is 23.7. The van der Waals surface area contributed by atoms with Gasteiger partial charge in [-0.05, 0) is 73.9 Å². The van der Waals surface area contributed by atoms with E-state index in [-0.39, 0.29) is 10.5 Å². The molecule has 1 atom stereocenters. The Morgan fingerprint density at radius 3 is 2.26 bits per heavy atom. The molecule has 0 saturated carbocycles. The maximum atomic E-state index is 14.0. The van der Waals surface area contributed by atoms with Crippen LogP contribution in [-0.4, -0.2) is 28.8 Å². The number of unbranched alkanes of at least 4 members (excludes halogenated alkanes) is 3. The number of para-hydroxylation sites is 1. The van der Waals surface area contributed by atoms with Crippen LogP contribution in [0.4, 0.5) is 0 Å². The van der Waals surface area contributed by atoms with Crippen LogP contribution < -0.4 is 5.56 Å². The maximum Gasteiger partial charge on any atom is 0.266 e. The monoisotopic (exact) mass is 551 g/mol. The summed E-state index contributed by atoms with van der Waals surface area (Å²) in [6.45, 7) is 6.31. The second kappa shape index (κ2) is 12.2. The predicted molar refractivity (Wildman–Crippen MR) is 155 cm³/mol. The Balaban J connectivity index is 1.89. The largest absolute Gasteiger partial charge is 0.268 e. The Kier molecular flexibility index (Phi) is 9.03. The van der Waals surface area contributed by atoms with Gasteiger partial charge in [-0.3, -0.25) is 9.36 Å². The van der Waals surface area contributed by atoms with E-state index < -0.39 is 16.1 Å². The molecule has 4 rings (SSSR count). The minimum atomic E-state index is -3.91. The van der Waals surface area contributed by atoms with Crippen molar-refractivity contribution >= 4 is 32.5 Å². The van der Waals surface area contributed by atoms with Gasteiger partial charge in [0.25, 0.3) is 5.56 Å². The summed E-state index contributed by atoms with van der Waals surface area (Å²) in [6, 6.07) is 20.4. The van der Waals surface area contributed by atoms with E-state index in [0.29, 0.717) is 40.4 Å². The van der Waals surface area contributed by atoms with Crippen LogP contribution in [0.2, 0.25) is 5.02 Å². The van der Waals surface area contributed by atoms with E-state index >= 15 is 0 Å². The number of sulfonamides is 1. The molecule has 6 nitrogen and oxygen atoms in total. The smallest absolute Gasteiger partial charge is 0.266 e. The Morgan fingerprint density at radius 2 is 1.61 bits per heavy atom. The standard InChI is InChI=1S/C30H34ClN3O3S/c1-4-6-7-10-21-33(38(36,37)26-19-15-24(31)16-20-26)22(3)29-32-28-12-9-8-11-27(28)30(35)34(29)25-17-13-23(5-2)14-18-25/h8-9,11-20,22H,4-7,10,21H2,1-3H3. The third-order valence-corrected chi connectivity index (χ3v) is 9.10. The first kappa shape index (κ1) is 28.0. The average molecular weight is 552 g/mol. The molecule has 0 fully saturated rings. The number of benzene rings is 3. The molecule has 0 bridgehead atoms. The first-order valence-corrected chi connectivity index (χ1v) is 15.0. The Bertz CT molecular complexity index is 1550. The van der Waals surface area contributed by atoms with Crippen LogP contribution in [0.3, 0.4) is 0 Å². The van der Waals surface area contributed by atoms with Gasteiger partial charge in [0.1, 0.15) is 5.82 Å². The topological polar surface area (TPSA) is 72.3 Å². The van der Waals surface area contributed by atoms with Crippen molar-refractivity contribution in [3.05, 3.63) is 99.6 Å². The van der Waals surface area contributed by atoms with Crippen molar-refractivity contribution in [3.8, 4) is 5.69 Å². The number of aromatic nitrogens is 2. The molecule has 0 aliphatic rings. The lowest BCUT2D eigenvalue weighted by Crippen LogP contribution is -2.38. The van der Waals surface area contributed by atoms with Crippen LogP contribution in [-0.2, 0) is 16.4 Å². The number of hydrogen-bond acceptors (Lipinski definition) is 4. The molecule has 1 unspecified atom stereocenters. The first-order valence-electron chi connectivity index (χ1n) is 13.2. The second-order valence-electron chi connectivity index (χ2n) is 9.45. The molecule has 0 saturated heterocycles. The van der Waals surface area contributed by atoms with Gasteiger partial charge in [-0.15, -0.1) is 0 Å². The molecule has 1 heterocycles. The summed E-state index contributed by atoms with van der Waals surface area (Å²) in [5.41, 5.74) is 2.11. The molecule has 38 heavy (non-hydrogen) atoms. The SMILES string of the molecule is CCCCCCN(C(C)c1nc2ccccc2c(=O)n1-c1ccc(CC)cc1)S(=O)(=O)c1ccc(Cl)cc1. The highest BCUT2D eigenvalue weighted by atomic mass is 35.5. The predicted octanol–water partition coefficient (Wildman–Crippen LogP) is 6.93. The fraction of sp³-hybridized carbons (Fsp3) is 0.333. The van der Waals surface area contributed by atoms with Gasteiger partial charge in [0.05, 0.1) is 27.5 Å². The van der Waals surface area contributed by atoms with Crippen LogP contribution in [0.1, 0.15) is 63.9 Å². The van der Waals surface area contributed by atoms with Gasteiger partial charge in [0.15, 0.2) is 0 Å². The van der Waals surface area contributed by atoms with Crippen molar-refractivity contribution in [3.63, 3.8) is 0 Å². The first-order chi connectivity index (χ1) is 18.3. The molecule has 0 radical (unpaired) electrons. The molecule has 200 valence electrons. The van der Waals surface area contributed by atoms with E-state index in [1.54, 1.807) is 35.8 Å². The van der Waals surface area contributed by atoms with Gasteiger partial charge in [-0.2, -0.15) is 4.31 Å². The third-order valence-electron chi connectivity index (χ3n) is 6.86. The van der Waals surface area contributed by atoms with E-state index in [0.717, 1.165) is 31.2 Å². The fourth-order valence-electron chi connectivity index (χ4n) is 4.65. The molecule has 0 aliphatic carbocycles. The van der Waals surface area contributed by atoms with Crippen molar-refractivity contribution in [2.75, 3.05) is 6.54 Å². The highest BCUT2D eigenvalue weighted by molar-refractivity contribution is 7.89. The summed E-state index contributed by atoms with van der Waals surface area (Å²) in [6.07, 6.45) is 4.55. The van der Waals surface area contributed by atoms with Crippen LogP contribution in [0.25, 0.3) is 16.6 Å². The Morgan fingerprint density at radius 1 is 0.921 bits per heavy atom. The Labute approximate surface area is 230 Å². The van der Waals surface area contributed by atoms with Crippen molar-refractivity contribution < 1.29 is 8.42 Å². The van der Waals surface area contributed by atoms with E-state index in [2.05, 4.69) is 13.8 Å². The van der Waals surface area contributed by atoms with Crippen molar-refractivity contribution in [1.82, 2.24) is 13.9 Å². The van der Waals surface area contributed by atoms with Crippen molar-refractivity contribution in [2.45, 2.75) is 63.8 Å². The number of halogens is 1. The highest BCUT2D eigenvalue weighted by Crippen LogP contribution is 2.30. The minimum absolute atomic E-state index is 0.159. The zero-order chi connectivity index (χ0) is 27.3. The van der Waals surface area contributed by atoms with Crippen LogP contribution in [0.15, 0.2) is 82.5 Å². The summed E-state index contributed by atoms with van der Waals surface area (Å²) < 4.78 is 31.0. The molecular weight excluding hydrogens is 518 g/mol. The molecule has 0 amide bonds. The van der Waals surface area contributed by atoms with Crippen LogP contribution in [0, 0.1) is 0 Å². The fourth-order valence-corrected chi connectivity index (χ4v) is 6.40. The molecule has 8 heteroatoms. The summed E-state index contributed by atoms with van der Waals surface area (Å²) in [7, 11) is -3.91. The summed E-state index contributed by atoms with van der Waals surface area (Å²) in [4.78, 5) is 18.9. The van der Waals surface area contributed by atoms with E-state index in [9.17, 15) is 13.2 Å². The van der Waals surface area contributed by atoms with Gasteiger partial charge >= 0.3 is 0 Å². The maximum absolute atomic E-state index is 14.0. The normalized spacial score (nSPS) is 12.8. The zero-order valence-electron chi connectivity index (χ0n) is 22.1. The van der Waals surface area contributed by atoms with E-state index in [4.69, 9.17) is 16.6 Å². The number of nitrogens with zero attached hydrogens (tertiary/aromatic N) is 3. The van der Waals surface area contributed by atoms with Gasteiger partial charge < -0.3 is 0 Å². The van der Waals surface area contributed by atoms with Gasteiger partial charge in [-0.25, -0.2) is 13.4 Å². The summed E-state index contributed by atoms with van der Waals surface area (Å²) in [5.74, 6) is 0.381. The average Bonchev–Trinajstić information content (AvgIpc) is 2.93. The molecule has 0 spiro atoms. The van der Waals surface area contributed by atoms with Crippen LogP contribution >= 0.6 is 11.6 Å². The summed E-state index contributed by atoms with van der Waals surface area (Å²) >= 11 is 6.04. The highest BCUT2D eigenvalue weighted by Gasteiger charge is 2.33. The molecule has 4 aromatic rings. The summed E-state index contributed by atoms with van der Waals surface area (Å²) in [5, 5.41) is 0.949. The van der Waals surface area contributed by atoms with Crippen molar-refractivity contribution in [1.29, 1.82) is 0 Å². The molecule has 0 aliphatic heterocycles. The Hall–Kier alpha value is -3.00. The molecule has 1 aromatic heterocycles. The molecular formula is C30H34ClN3O3S. The number of rotatable bonds is 11. The quantitative estimate of drug-likeness (QED) is 0.189. The van der Waals surface area contributed by atoms with E-state index in [1.165, 1.54) is 16.4 Å². The molecule has 0 N–H and O–H groups in total. The lowest BCUT2D eigenvalue weighted by molar-refractivity contribution is 0.319. The van der Waals surface area contributed by atoms with E-state index in [1.807, 2.05) is 36.4 Å². The minimum Gasteiger partial charge on any atom is -0.268 e. The second-order valence-corrected chi connectivity index (χ2v) is 11.8. The lowest BCUT2D eigenvalue weighted by Gasteiger charge is -2.30. The van der Waals surface area contributed by atoms with Gasteiger partial charge in [0.2, 0.25) is 10.0 Å². The van der Waals surface area contributed by atoms with Gasteiger partial charge in [0, 0.05) is 11.6 Å². The number of aryl methyl sites for hydroxylation is 1. The van der Waals surface area contributed by atoms with Crippen molar-refractivity contribution in [2.24, 2.45) is 0 Å². The van der Waals surface area contributed by atoms with Crippen LogP contribution in [0.5, 0.6) is 0 Å². The number of fused-ring (bicyclic) bond motifs is 1. The van der Waals surface area contributed by atoms with Gasteiger partial charge in [-0.1, -0.05) is 69.0 Å². The lowest BCUT2D eigenvalue weighted by atomic mass is 10.1.